The number of hydrogen-bond acceptors (Lipinski definition) is 3. The molecule has 0 radical (unpaired) electrons. The quantitative estimate of drug-likeness (QED) is 0.857. The zero-order chi connectivity index (χ0) is 13.8. The number of hydrogen-bond donors (Lipinski definition) is 1. The molecular formula is C15H27N3. The van der Waals surface area contributed by atoms with Gasteiger partial charge in [0.2, 0.25) is 0 Å². The maximum absolute atomic E-state index is 4.68. The Bertz CT molecular complexity index is 368. The molecule has 1 heterocycles. The number of aromatic nitrogens is 1. The standard InChI is InChI=1S/C15H27N3/c1-7-9-12(2)18(6)14-11-8-10-13(16-14)17-15(3,4)5/h8,10-12H,7,9H2,1-6H3,(H,16,17). The van der Waals surface area contributed by atoms with Gasteiger partial charge in [0, 0.05) is 18.6 Å². The Morgan fingerprint density at radius 2 is 2.00 bits per heavy atom. The average Bonchev–Trinajstić information content (AvgIpc) is 2.26. The van der Waals surface area contributed by atoms with Crippen molar-refractivity contribution in [1.29, 1.82) is 0 Å². The molecule has 1 rings (SSSR count). The average molecular weight is 249 g/mol. The van der Waals surface area contributed by atoms with Crippen LogP contribution in [0.25, 0.3) is 0 Å². The fraction of sp³-hybridized carbons (Fsp3) is 0.667. The Kier molecular flexibility index (Phi) is 5.00. The Balaban J connectivity index is 2.81. The van der Waals surface area contributed by atoms with Crippen LogP contribution in [-0.4, -0.2) is 23.6 Å². The first-order chi connectivity index (χ1) is 8.33. The van der Waals surface area contributed by atoms with Crippen LogP contribution in [0.3, 0.4) is 0 Å². The summed E-state index contributed by atoms with van der Waals surface area (Å²) >= 11 is 0. The topological polar surface area (TPSA) is 28.2 Å². The zero-order valence-electron chi connectivity index (χ0n) is 12.6. The molecule has 0 amide bonds. The third kappa shape index (κ3) is 4.55. The first-order valence-corrected chi connectivity index (χ1v) is 6.81. The summed E-state index contributed by atoms with van der Waals surface area (Å²) in [6.07, 6.45) is 2.39. The van der Waals surface area contributed by atoms with Crippen molar-refractivity contribution in [1.82, 2.24) is 4.98 Å². The molecule has 1 unspecified atom stereocenters. The van der Waals surface area contributed by atoms with E-state index in [1.54, 1.807) is 0 Å². The van der Waals surface area contributed by atoms with E-state index in [0.29, 0.717) is 6.04 Å². The van der Waals surface area contributed by atoms with E-state index in [1.807, 2.05) is 6.07 Å². The van der Waals surface area contributed by atoms with Crippen LogP contribution in [-0.2, 0) is 0 Å². The van der Waals surface area contributed by atoms with Crippen LogP contribution in [0.15, 0.2) is 18.2 Å². The Morgan fingerprint density at radius 1 is 1.33 bits per heavy atom. The van der Waals surface area contributed by atoms with Gasteiger partial charge in [-0.3, -0.25) is 0 Å². The van der Waals surface area contributed by atoms with Crippen molar-refractivity contribution in [3.63, 3.8) is 0 Å². The van der Waals surface area contributed by atoms with Crippen molar-refractivity contribution in [2.75, 3.05) is 17.3 Å². The molecule has 1 N–H and O–H groups in total. The van der Waals surface area contributed by atoms with E-state index in [1.165, 1.54) is 12.8 Å². The highest BCUT2D eigenvalue weighted by atomic mass is 15.2. The summed E-state index contributed by atoms with van der Waals surface area (Å²) in [6.45, 7) is 10.9. The van der Waals surface area contributed by atoms with Crippen LogP contribution in [0.2, 0.25) is 0 Å². The SMILES string of the molecule is CCCC(C)N(C)c1cccc(NC(C)(C)C)n1. The summed E-state index contributed by atoms with van der Waals surface area (Å²) in [5.41, 5.74) is 0.0409. The minimum Gasteiger partial charge on any atom is -0.365 e. The lowest BCUT2D eigenvalue weighted by molar-refractivity contribution is 0.609. The third-order valence-electron chi connectivity index (χ3n) is 2.97. The second-order valence-electron chi connectivity index (χ2n) is 6.00. The molecule has 0 fully saturated rings. The van der Waals surface area contributed by atoms with E-state index in [4.69, 9.17) is 0 Å². The minimum absolute atomic E-state index is 0.0409. The predicted molar refractivity (Wildman–Crippen MR) is 80.4 cm³/mol. The molecular weight excluding hydrogens is 222 g/mol. The van der Waals surface area contributed by atoms with Gasteiger partial charge >= 0.3 is 0 Å². The molecule has 0 aliphatic rings. The van der Waals surface area contributed by atoms with E-state index in [0.717, 1.165) is 11.6 Å². The van der Waals surface area contributed by atoms with Gasteiger partial charge in [0.15, 0.2) is 0 Å². The lowest BCUT2D eigenvalue weighted by Crippen LogP contribution is -2.30. The molecule has 18 heavy (non-hydrogen) atoms. The molecule has 1 aromatic rings. The molecule has 3 nitrogen and oxygen atoms in total. The van der Waals surface area contributed by atoms with Gasteiger partial charge < -0.3 is 10.2 Å². The summed E-state index contributed by atoms with van der Waals surface area (Å²) in [7, 11) is 2.11. The van der Waals surface area contributed by atoms with Crippen molar-refractivity contribution in [2.24, 2.45) is 0 Å². The number of nitrogens with zero attached hydrogens (tertiary/aromatic N) is 2. The summed E-state index contributed by atoms with van der Waals surface area (Å²) in [5.74, 6) is 1.97. The molecule has 0 aliphatic carbocycles. The van der Waals surface area contributed by atoms with Crippen LogP contribution in [0, 0.1) is 0 Å². The van der Waals surface area contributed by atoms with Gasteiger partial charge in [-0.1, -0.05) is 19.4 Å². The van der Waals surface area contributed by atoms with Crippen LogP contribution in [0.4, 0.5) is 11.6 Å². The molecule has 102 valence electrons. The monoisotopic (exact) mass is 249 g/mol. The smallest absolute Gasteiger partial charge is 0.130 e. The summed E-state index contributed by atoms with van der Waals surface area (Å²) in [6, 6.07) is 6.67. The minimum atomic E-state index is 0.0409. The molecule has 0 aliphatic heterocycles. The highest BCUT2D eigenvalue weighted by molar-refractivity contribution is 5.48. The lowest BCUT2D eigenvalue weighted by Gasteiger charge is -2.27. The van der Waals surface area contributed by atoms with E-state index in [-0.39, 0.29) is 5.54 Å². The number of pyridine rings is 1. The molecule has 0 aromatic carbocycles. The van der Waals surface area contributed by atoms with E-state index >= 15 is 0 Å². The lowest BCUT2D eigenvalue weighted by atomic mass is 10.1. The molecule has 0 saturated heterocycles. The first-order valence-electron chi connectivity index (χ1n) is 6.81. The predicted octanol–water partition coefficient (Wildman–Crippen LogP) is 3.92. The van der Waals surface area contributed by atoms with Crippen molar-refractivity contribution in [3.05, 3.63) is 18.2 Å². The van der Waals surface area contributed by atoms with Crippen LogP contribution < -0.4 is 10.2 Å². The Hall–Kier alpha value is -1.25. The fourth-order valence-corrected chi connectivity index (χ4v) is 1.91. The van der Waals surface area contributed by atoms with Gasteiger partial charge in [0.05, 0.1) is 0 Å². The van der Waals surface area contributed by atoms with Crippen molar-refractivity contribution >= 4 is 11.6 Å². The van der Waals surface area contributed by atoms with Gasteiger partial charge in [0.25, 0.3) is 0 Å². The maximum atomic E-state index is 4.68. The number of anilines is 2. The summed E-state index contributed by atoms with van der Waals surface area (Å²) in [4.78, 5) is 6.92. The van der Waals surface area contributed by atoms with Crippen molar-refractivity contribution in [3.8, 4) is 0 Å². The van der Waals surface area contributed by atoms with Crippen LogP contribution >= 0.6 is 0 Å². The Morgan fingerprint density at radius 3 is 2.56 bits per heavy atom. The molecule has 0 bridgehead atoms. The van der Waals surface area contributed by atoms with Gasteiger partial charge in [-0.2, -0.15) is 0 Å². The van der Waals surface area contributed by atoms with E-state index in [2.05, 4.69) is 69.0 Å². The first kappa shape index (κ1) is 14.8. The second-order valence-corrected chi connectivity index (χ2v) is 6.00. The van der Waals surface area contributed by atoms with Crippen LogP contribution in [0.1, 0.15) is 47.5 Å². The molecule has 1 atom stereocenters. The summed E-state index contributed by atoms with van der Waals surface area (Å²) in [5, 5.41) is 3.41. The highest BCUT2D eigenvalue weighted by Gasteiger charge is 2.13. The summed E-state index contributed by atoms with van der Waals surface area (Å²) < 4.78 is 0. The maximum Gasteiger partial charge on any atom is 0.130 e. The van der Waals surface area contributed by atoms with Gasteiger partial charge in [-0.25, -0.2) is 4.98 Å². The third-order valence-corrected chi connectivity index (χ3v) is 2.97. The largest absolute Gasteiger partial charge is 0.365 e. The van der Waals surface area contributed by atoms with Crippen molar-refractivity contribution < 1.29 is 0 Å². The fourth-order valence-electron chi connectivity index (χ4n) is 1.91. The van der Waals surface area contributed by atoms with Gasteiger partial charge in [-0.05, 0) is 46.2 Å². The number of rotatable bonds is 5. The van der Waals surface area contributed by atoms with Gasteiger partial charge in [0.1, 0.15) is 11.6 Å². The van der Waals surface area contributed by atoms with Crippen LogP contribution in [0.5, 0.6) is 0 Å². The Labute approximate surface area is 112 Å². The molecule has 0 saturated carbocycles. The number of nitrogens with one attached hydrogen (secondary N) is 1. The highest BCUT2D eigenvalue weighted by Crippen LogP contribution is 2.19. The second kappa shape index (κ2) is 6.07. The van der Waals surface area contributed by atoms with Gasteiger partial charge in [-0.15, -0.1) is 0 Å². The molecule has 3 heteroatoms. The molecule has 1 aromatic heterocycles. The normalized spacial score (nSPS) is 13.2. The van der Waals surface area contributed by atoms with E-state index in [9.17, 15) is 0 Å². The molecule has 0 spiro atoms. The zero-order valence-corrected chi connectivity index (χ0v) is 12.6. The van der Waals surface area contributed by atoms with Crippen molar-refractivity contribution in [2.45, 2.75) is 59.0 Å². The van der Waals surface area contributed by atoms with E-state index < -0.39 is 0 Å².